The van der Waals surface area contributed by atoms with E-state index < -0.39 is 0 Å². The maximum Gasteiger partial charge on any atom is 0.254 e. The summed E-state index contributed by atoms with van der Waals surface area (Å²) in [5.41, 5.74) is 0.615. The van der Waals surface area contributed by atoms with Gasteiger partial charge in [-0.3, -0.25) is 4.79 Å². The minimum atomic E-state index is 0.00977. The van der Waals surface area contributed by atoms with Crippen LogP contribution in [-0.4, -0.2) is 67.2 Å². The van der Waals surface area contributed by atoms with Gasteiger partial charge in [0, 0.05) is 37.5 Å². The molecule has 2 saturated heterocycles. The molecule has 1 amide bonds. The maximum absolute atomic E-state index is 12.5. The Balaban J connectivity index is 1.31. The molecule has 1 saturated carbocycles. The van der Waals surface area contributed by atoms with Crippen molar-refractivity contribution in [3.05, 3.63) is 28.8 Å². The van der Waals surface area contributed by atoms with Crippen LogP contribution in [0.25, 0.3) is 0 Å². The average Bonchev–Trinajstić information content (AvgIpc) is 2.66. The van der Waals surface area contributed by atoms with Gasteiger partial charge in [-0.1, -0.05) is 18.0 Å². The maximum atomic E-state index is 12.5. The van der Waals surface area contributed by atoms with Gasteiger partial charge in [-0.25, -0.2) is 0 Å². The van der Waals surface area contributed by atoms with Crippen LogP contribution in [0.5, 0.6) is 5.75 Å². The summed E-state index contributed by atoms with van der Waals surface area (Å²) in [4.78, 5) is 17.0. The van der Waals surface area contributed by atoms with Crippen LogP contribution in [0.4, 0.5) is 0 Å². The highest BCUT2D eigenvalue weighted by molar-refractivity contribution is 6.32. The molecule has 2 heterocycles. The Labute approximate surface area is 160 Å². The lowest BCUT2D eigenvalue weighted by Crippen LogP contribution is -2.50. The van der Waals surface area contributed by atoms with Crippen molar-refractivity contribution in [1.29, 1.82) is 0 Å². The van der Waals surface area contributed by atoms with Gasteiger partial charge in [0.15, 0.2) is 0 Å². The molecule has 0 unspecified atom stereocenters. The second-order valence-corrected chi connectivity index (χ2v) is 7.92. The molecule has 1 aromatic carbocycles. The zero-order valence-electron chi connectivity index (χ0n) is 15.2. The van der Waals surface area contributed by atoms with Crippen molar-refractivity contribution in [3.8, 4) is 5.75 Å². The summed E-state index contributed by atoms with van der Waals surface area (Å²) in [6.07, 6.45) is 6.41. The van der Waals surface area contributed by atoms with Crippen molar-refractivity contribution < 1.29 is 14.3 Å². The van der Waals surface area contributed by atoms with E-state index in [4.69, 9.17) is 21.1 Å². The summed E-state index contributed by atoms with van der Waals surface area (Å²) >= 11 is 6.39. The third-order valence-corrected chi connectivity index (χ3v) is 6.04. The van der Waals surface area contributed by atoms with Crippen LogP contribution in [0.1, 0.15) is 42.5 Å². The molecule has 4 rings (SSSR count). The monoisotopic (exact) mass is 378 g/mol. The Morgan fingerprint density at radius 3 is 2.50 bits per heavy atom. The molecule has 0 atom stereocenters. The molecule has 0 aromatic heterocycles. The normalized spacial score (nSPS) is 27.0. The van der Waals surface area contributed by atoms with Gasteiger partial charge in [0.2, 0.25) is 0 Å². The van der Waals surface area contributed by atoms with Gasteiger partial charge in [-0.2, -0.15) is 0 Å². The molecule has 0 N–H and O–H groups in total. The molecule has 3 aliphatic rings. The van der Waals surface area contributed by atoms with Crippen LogP contribution >= 0.6 is 11.6 Å². The lowest BCUT2D eigenvalue weighted by molar-refractivity contribution is 0.00895. The fraction of sp³-hybridized carbons (Fsp3) is 0.650. The number of carbonyl (C=O) groups excluding carboxylic acids is 1. The van der Waals surface area contributed by atoms with E-state index in [1.165, 1.54) is 32.4 Å². The molecule has 6 heteroatoms. The Hall–Kier alpha value is -1.30. The van der Waals surface area contributed by atoms with E-state index in [2.05, 4.69) is 4.90 Å². The smallest absolute Gasteiger partial charge is 0.254 e. The van der Waals surface area contributed by atoms with Gasteiger partial charge in [0.25, 0.3) is 5.91 Å². The van der Waals surface area contributed by atoms with Crippen molar-refractivity contribution in [2.24, 2.45) is 0 Å². The molecular weight excluding hydrogens is 352 g/mol. The first-order valence-corrected chi connectivity index (χ1v) is 10.2. The summed E-state index contributed by atoms with van der Waals surface area (Å²) in [6, 6.07) is 6.06. The average molecular weight is 379 g/mol. The Morgan fingerprint density at radius 2 is 1.81 bits per heavy atom. The number of piperidine rings is 1. The first-order chi connectivity index (χ1) is 12.7. The highest BCUT2D eigenvalue weighted by Crippen LogP contribution is 2.34. The fourth-order valence-corrected chi connectivity index (χ4v) is 4.30. The zero-order valence-corrected chi connectivity index (χ0v) is 15.9. The summed E-state index contributed by atoms with van der Waals surface area (Å²) in [5.74, 6) is 0.697. The third kappa shape index (κ3) is 4.00. The van der Waals surface area contributed by atoms with E-state index in [1.807, 2.05) is 17.0 Å². The second kappa shape index (κ2) is 8.15. The number of halogens is 1. The Morgan fingerprint density at radius 1 is 1.08 bits per heavy atom. The molecule has 5 nitrogen and oxygen atoms in total. The topological polar surface area (TPSA) is 42.0 Å². The first-order valence-electron chi connectivity index (χ1n) is 9.78. The summed E-state index contributed by atoms with van der Waals surface area (Å²) < 4.78 is 11.4. The number of rotatable bonds is 4. The third-order valence-electron chi connectivity index (χ3n) is 5.75. The Bertz CT molecular complexity index is 636. The van der Waals surface area contributed by atoms with Gasteiger partial charge >= 0.3 is 0 Å². The van der Waals surface area contributed by atoms with Crippen LogP contribution in [0.2, 0.25) is 5.02 Å². The number of ether oxygens (including phenoxy) is 2. The highest BCUT2D eigenvalue weighted by Gasteiger charge is 2.35. The Kier molecular flexibility index (Phi) is 5.67. The molecule has 26 heavy (non-hydrogen) atoms. The summed E-state index contributed by atoms with van der Waals surface area (Å²) in [7, 11) is 0. The molecule has 142 valence electrons. The van der Waals surface area contributed by atoms with Gasteiger partial charge < -0.3 is 19.3 Å². The molecule has 0 spiro atoms. The van der Waals surface area contributed by atoms with Gasteiger partial charge in [-0.05, 0) is 44.1 Å². The molecule has 0 bridgehead atoms. The fourth-order valence-electron chi connectivity index (χ4n) is 4.07. The quantitative estimate of drug-likeness (QED) is 0.806. The van der Waals surface area contributed by atoms with E-state index in [9.17, 15) is 4.79 Å². The number of benzene rings is 1. The standard InChI is InChI=1S/C20H27ClN2O3/c21-18-12-15(20(24)23-8-10-25-11-9-23)4-5-19(18)26-17-13-16(14-17)22-6-2-1-3-7-22/h4-5,12,16-17H,1-3,6-11,13-14H2/t16-,17-. The second-order valence-electron chi connectivity index (χ2n) is 7.51. The zero-order chi connectivity index (χ0) is 17.9. The predicted octanol–water partition coefficient (Wildman–Crippen LogP) is 3.21. The molecule has 1 aliphatic carbocycles. The molecular formula is C20H27ClN2O3. The van der Waals surface area contributed by atoms with Crippen LogP contribution in [0.15, 0.2) is 18.2 Å². The van der Waals surface area contributed by atoms with Crippen molar-refractivity contribution >= 4 is 17.5 Å². The summed E-state index contributed by atoms with van der Waals surface area (Å²) in [5, 5.41) is 0.519. The largest absolute Gasteiger partial charge is 0.489 e. The van der Waals surface area contributed by atoms with Crippen LogP contribution in [0, 0.1) is 0 Å². The number of amides is 1. The molecule has 3 fully saturated rings. The number of hydrogen-bond donors (Lipinski definition) is 0. The van der Waals surface area contributed by atoms with Crippen LogP contribution in [0.3, 0.4) is 0 Å². The first kappa shape index (κ1) is 18.1. The minimum absolute atomic E-state index is 0.00977. The van der Waals surface area contributed by atoms with E-state index in [-0.39, 0.29) is 12.0 Å². The van der Waals surface area contributed by atoms with Crippen LogP contribution in [-0.2, 0) is 4.74 Å². The van der Waals surface area contributed by atoms with Gasteiger partial charge in [-0.15, -0.1) is 0 Å². The SMILES string of the molecule is O=C(c1ccc(O[C@H]2C[C@H](N3CCCCC3)C2)c(Cl)c1)N1CCOCC1. The number of hydrogen-bond acceptors (Lipinski definition) is 4. The van der Waals surface area contributed by atoms with E-state index in [1.54, 1.807) is 6.07 Å². The van der Waals surface area contributed by atoms with E-state index in [0.29, 0.717) is 48.7 Å². The number of nitrogens with zero attached hydrogens (tertiary/aromatic N) is 2. The van der Waals surface area contributed by atoms with Crippen molar-refractivity contribution in [2.45, 2.75) is 44.2 Å². The lowest BCUT2D eigenvalue weighted by atomic mass is 9.86. The predicted molar refractivity (Wildman–Crippen MR) is 101 cm³/mol. The molecule has 2 aliphatic heterocycles. The number of carbonyl (C=O) groups is 1. The molecule has 0 radical (unpaired) electrons. The van der Waals surface area contributed by atoms with Crippen molar-refractivity contribution in [1.82, 2.24) is 9.80 Å². The van der Waals surface area contributed by atoms with Crippen molar-refractivity contribution in [3.63, 3.8) is 0 Å². The minimum Gasteiger partial charge on any atom is -0.489 e. The highest BCUT2D eigenvalue weighted by atomic mass is 35.5. The van der Waals surface area contributed by atoms with Gasteiger partial charge in [0.05, 0.1) is 18.2 Å². The molecule has 1 aromatic rings. The van der Waals surface area contributed by atoms with E-state index in [0.717, 1.165) is 12.8 Å². The summed E-state index contributed by atoms with van der Waals surface area (Å²) in [6.45, 7) is 4.93. The lowest BCUT2D eigenvalue weighted by Gasteiger charge is -2.44. The van der Waals surface area contributed by atoms with Crippen LogP contribution < -0.4 is 4.74 Å². The van der Waals surface area contributed by atoms with E-state index >= 15 is 0 Å². The number of likely N-dealkylation sites (tertiary alicyclic amines) is 1. The van der Waals surface area contributed by atoms with Gasteiger partial charge in [0.1, 0.15) is 11.9 Å². The number of morpholine rings is 1. The van der Waals surface area contributed by atoms with Crippen molar-refractivity contribution in [2.75, 3.05) is 39.4 Å².